The molecule has 112 valence electrons. The molecule has 1 atom stereocenters. The Hall–Kier alpha value is -2.04. The van der Waals surface area contributed by atoms with Gasteiger partial charge in [0.05, 0.1) is 13.0 Å². The Kier molecular flexibility index (Phi) is 3.82. The van der Waals surface area contributed by atoms with Crippen LogP contribution in [0.15, 0.2) is 18.2 Å². The number of cyclic esters (lactones) is 1. The average Bonchev–Trinajstić information content (AvgIpc) is 2.84. The summed E-state index contributed by atoms with van der Waals surface area (Å²) in [6, 6.07) is 5.72. The van der Waals surface area contributed by atoms with Crippen molar-refractivity contribution in [3.05, 3.63) is 29.3 Å². The predicted octanol–water partition coefficient (Wildman–Crippen LogP) is 1.04. The largest absolute Gasteiger partial charge is 0.464 e. The first-order chi connectivity index (χ1) is 10.1. The standard InChI is InChI=1S/C16H20N2O3/c1-18-7-2-3-12-9-11(4-5-14(12)18)10-15(19)17-13-6-8-21-16(13)20/h4-5,9,13H,2-3,6-8,10H2,1H3,(H,17,19)/t13-/m0/s1. The molecule has 1 aromatic carbocycles. The summed E-state index contributed by atoms with van der Waals surface area (Å²) in [5.74, 6) is -0.446. The highest BCUT2D eigenvalue weighted by molar-refractivity contribution is 5.86. The number of amides is 1. The van der Waals surface area contributed by atoms with Crippen molar-refractivity contribution in [2.45, 2.75) is 31.7 Å². The van der Waals surface area contributed by atoms with Crippen molar-refractivity contribution >= 4 is 17.6 Å². The highest BCUT2D eigenvalue weighted by Crippen LogP contribution is 2.26. The molecule has 1 saturated heterocycles. The van der Waals surface area contributed by atoms with E-state index < -0.39 is 6.04 Å². The lowest BCUT2D eigenvalue weighted by atomic mass is 9.98. The highest BCUT2D eigenvalue weighted by Gasteiger charge is 2.27. The molecule has 2 heterocycles. The van der Waals surface area contributed by atoms with Gasteiger partial charge in [0, 0.05) is 25.7 Å². The summed E-state index contributed by atoms with van der Waals surface area (Å²) in [4.78, 5) is 25.6. The number of carbonyl (C=O) groups excluding carboxylic acids is 2. The van der Waals surface area contributed by atoms with Crippen LogP contribution in [-0.2, 0) is 27.2 Å². The quantitative estimate of drug-likeness (QED) is 0.845. The van der Waals surface area contributed by atoms with E-state index in [9.17, 15) is 9.59 Å². The van der Waals surface area contributed by atoms with Gasteiger partial charge in [-0.15, -0.1) is 0 Å². The molecule has 1 amide bonds. The summed E-state index contributed by atoms with van der Waals surface area (Å²) in [7, 11) is 2.09. The van der Waals surface area contributed by atoms with Crippen molar-refractivity contribution in [2.75, 3.05) is 25.1 Å². The second-order valence-corrected chi connectivity index (χ2v) is 5.74. The first-order valence-corrected chi connectivity index (χ1v) is 7.42. The van der Waals surface area contributed by atoms with Crippen molar-refractivity contribution in [1.82, 2.24) is 5.32 Å². The molecule has 0 unspecified atom stereocenters. The van der Waals surface area contributed by atoms with Crippen LogP contribution < -0.4 is 10.2 Å². The van der Waals surface area contributed by atoms with Gasteiger partial charge in [0.2, 0.25) is 5.91 Å². The van der Waals surface area contributed by atoms with Gasteiger partial charge in [-0.1, -0.05) is 12.1 Å². The van der Waals surface area contributed by atoms with E-state index >= 15 is 0 Å². The van der Waals surface area contributed by atoms with Crippen molar-refractivity contribution in [3.63, 3.8) is 0 Å². The van der Waals surface area contributed by atoms with Gasteiger partial charge in [-0.25, -0.2) is 4.79 Å². The Morgan fingerprint density at radius 1 is 1.48 bits per heavy atom. The first-order valence-electron chi connectivity index (χ1n) is 7.42. The van der Waals surface area contributed by atoms with Gasteiger partial charge in [-0.3, -0.25) is 4.79 Å². The number of nitrogens with one attached hydrogen (secondary N) is 1. The lowest BCUT2D eigenvalue weighted by Gasteiger charge is -2.27. The number of esters is 1. The molecular formula is C16H20N2O3. The molecule has 1 aromatic rings. The zero-order chi connectivity index (χ0) is 14.8. The molecule has 3 rings (SSSR count). The maximum Gasteiger partial charge on any atom is 0.328 e. The maximum atomic E-state index is 12.0. The maximum absolute atomic E-state index is 12.0. The lowest BCUT2D eigenvalue weighted by molar-refractivity contribution is -0.141. The van der Waals surface area contributed by atoms with E-state index in [1.165, 1.54) is 11.3 Å². The second kappa shape index (κ2) is 5.76. The Balaban J connectivity index is 1.65. The van der Waals surface area contributed by atoms with Crippen LogP contribution in [-0.4, -0.2) is 38.1 Å². The summed E-state index contributed by atoms with van der Waals surface area (Å²) in [5.41, 5.74) is 3.55. The van der Waals surface area contributed by atoms with E-state index in [-0.39, 0.29) is 11.9 Å². The number of aryl methyl sites for hydroxylation is 1. The highest BCUT2D eigenvalue weighted by atomic mass is 16.5. The van der Waals surface area contributed by atoms with Gasteiger partial charge in [0.15, 0.2) is 0 Å². The second-order valence-electron chi connectivity index (χ2n) is 5.74. The number of nitrogens with zero attached hydrogens (tertiary/aromatic N) is 1. The third-order valence-corrected chi connectivity index (χ3v) is 4.13. The van der Waals surface area contributed by atoms with Crippen LogP contribution in [0.1, 0.15) is 24.0 Å². The SMILES string of the molecule is CN1CCCc2cc(CC(=O)N[C@H]3CCOC3=O)ccc21. The third-order valence-electron chi connectivity index (χ3n) is 4.13. The van der Waals surface area contributed by atoms with Gasteiger partial charge in [0.25, 0.3) is 0 Å². The smallest absolute Gasteiger partial charge is 0.328 e. The minimum Gasteiger partial charge on any atom is -0.464 e. The van der Waals surface area contributed by atoms with Crippen molar-refractivity contribution < 1.29 is 14.3 Å². The summed E-state index contributed by atoms with van der Waals surface area (Å²) < 4.78 is 4.84. The number of carbonyl (C=O) groups is 2. The third kappa shape index (κ3) is 3.01. The van der Waals surface area contributed by atoms with Gasteiger partial charge >= 0.3 is 5.97 Å². The predicted molar refractivity (Wildman–Crippen MR) is 79.2 cm³/mol. The number of ether oxygens (including phenoxy) is 1. The normalized spacial score (nSPS) is 20.9. The molecule has 0 radical (unpaired) electrons. The lowest BCUT2D eigenvalue weighted by Crippen LogP contribution is -2.38. The topological polar surface area (TPSA) is 58.6 Å². The monoisotopic (exact) mass is 288 g/mol. The van der Waals surface area contributed by atoms with Crippen LogP contribution in [0.25, 0.3) is 0 Å². The van der Waals surface area contributed by atoms with E-state index in [0.717, 1.165) is 24.9 Å². The molecule has 2 aliphatic rings. The molecular weight excluding hydrogens is 268 g/mol. The Labute approximate surface area is 124 Å². The van der Waals surface area contributed by atoms with Gasteiger partial charge in [-0.2, -0.15) is 0 Å². The minimum atomic E-state index is -0.471. The van der Waals surface area contributed by atoms with Gasteiger partial charge < -0.3 is 15.0 Å². The zero-order valence-corrected chi connectivity index (χ0v) is 12.2. The number of fused-ring (bicyclic) bond motifs is 1. The molecule has 0 bridgehead atoms. The van der Waals surface area contributed by atoms with Crippen molar-refractivity contribution in [1.29, 1.82) is 0 Å². The average molecular weight is 288 g/mol. The molecule has 2 aliphatic heterocycles. The van der Waals surface area contributed by atoms with E-state index in [1.807, 2.05) is 6.07 Å². The van der Waals surface area contributed by atoms with Crippen LogP contribution in [0.3, 0.4) is 0 Å². The fourth-order valence-corrected chi connectivity index (χ4v) is 3.01. The molecule has 5 nitrogen and oxygen atoms in total. The van der Waals surface area contributed by atoms with Gasteiger partial charge in [-0.05, 0) is 30.0 Å². The van der Waals surface area contributed by atoms with E-state index in [0.29, 0.717) is 19.4 Å². The molecule has 0 saturated carbocycles. The Morgan fingerprint density at radius 3 is 3.10 bits per heavy atom. The van der Waals surface area contributed by atoms with Gasteiger partial charge in [0.1, 0.15) is 6.04 Å². The fourth-order valence-electron chi connectivity index (χ4n) is 3.01. The van der Waals surface area contributed by atoms with Crippen LogP contribution >= 0.6 is 0 Å². The van der Waals surface area contributed by atoms with Crippen LogP contribution in [0.2, 0.25) is 0 Å². The fraction of sp³-hybridized carbons (Fsp3) is 0.500. The summed E-state index contributed by atoms with van der Waals surface area (Å²) in [5, 5.41) is 2.74. The van der Waals surface area contributed by atoms with Crippen molar-refractivity contribution in [2.24, 2.45) is 0 Å². The molecule has 21 heavy (non-hydrogen) atoms. The van der Waals surface area contributed by atoms with E-state index in [1.54, 1.807) is 0 Å². The molecule has 1 N–H and O–H groups in total. The van der Waals surface area contributed by atoms with Crippen LogP contribution in [0.4, 0.5) is 5.69 Å². The molecule has 1 fully saturated rings. The molecule has 0 aliphatic carbocycles. The molecule has 0 spiro atoms. The minimum absolute atomic E-state index is 0.122. The number of anilines is 1. The number of hydrogen-bond donors (Lipinski definition) is 1. The first kappa shape index (κ1) is 13.9. The van der Waals surface area contributed by atoms with Crippen molar-refractivity contribution in [3.8, 4) is 0 Å². The number of rotatable bonds is 3. The molecule has 0 aromatic heterocycles. The molecule has 5 heteroatoms. The van der Waals surface area contributed by atoms with E-state index in [4.69, 9.17) is 4.74 Å². The summed E-state index contributed by atoms with van der Waals surface area (Å²) >= 11 is 0. The number of benzene rings is 1. The Bertz CT molecular complexity index is 571. The Morgan fingerprint density at radius 2 is 2.33 bits per heavy atom. The summed E-state index contributed by atoms with van der Waals surface area (Å²) in [6.45, 7) is 1.48. The van der Waals surface area contributed by atoms with Crippen LogP contribution in [0.5, 0.6) is 0 Å². The van der Waals surface area contributed by atoms with Crippen LogP contribution in [0, 0.1) is 0 Å². The summed E-state index contributed by atoms with van der Waals surface area (Å²) in [6.07, 6.45) is 3.08. The number of hydrogen-bond acceptors (Lipinski definition) is 4. The van der Waals surface area contributed by atoms with E-state index in [2.05, 4.69) is 29.4 Å². The zero-order valence-electron chi connectivity index (χ0n) is 12.2.